The van der Waals surface area contributed by atoms with Crippen molar-refractivity contribution in [3.63, 3.8) is 0 Å². The molecule has 1 fully saturated rings. The maximum Gasteiger partial charge on any atom is 0.341 e. The van der Waals surface area contributed by atoms with E-state index < -0.39 is 0 Å². The molecule has 2 rings (SSSR count). The first-order valence-corrected chi connectivity index (χ1v) is 7.55. The van der Waals surface area contributed by atoms with E-state index in [9.17, 15) is 9.90 Å². The zero-order chi connectivity index (χ0) is 15.4. The molecule has 0 aromatic carbocycles. The van der Waals surface area contributed by atoms with Crippen molar-refractivity contribution in [2.45, 2.75) is 45.3 Å². The summed E-state index contributed by atoms with van der Waals surface area (Å²) >= 11 is 0. The number of hydrogen-bond acceptors (Lipinski definition) is 5. The van der Waals surface area contributed by atoms with E-state index in [4.69, 9.17) is 9.15 Å². The number of esters is 1. The van der Waals surface area contributed by atoms with Crippen LogP contribution in [0.25, 0.3) is 0 Å². The number of rotatable bonds is 5. The van der Waals surface area contributed by atoms with Gasteiger partial charge in [-0.15, -0.1) is 0 Å². The Morgan fingerprint density at radius 1 is 1.48 bits per heavy atom. The van der Waals surface area contributed by atoms with Gasteiger partial charge in [0, 0.05) is 6.54 Å². The van der Waals surface area contributed by atoms with Gasteiger partial charge in [-0.3, -0.25) is 4.90 Å². The normalized spacial score (nSPS) is 22.5. The van der Waals surface area contributed by atoms with Gasteiger partial charge < -0.3 is 14.3 Å². The predicted molar refractivity (Wildman–Crippen MR) is 79.1 cm³/mol. The molecule has 1 heterocycles. The average molecular weight is 295 g/mol. The maximum atomic E-state index is 11.6. The Morgan fingerprint density at radius 3 is 2.86 bits per heavy atom. The largest absolute Gasteiger partial charge is 0.465 e. The monoisotopic (exact) mass is 295 g/mol. The molecule has 0 saturated heterocycles. The lowest BCUT2D eigenvalue weighted by Gasteiger charge is -2.30. The second kappa shape index (κ2) is 7.09. The van der Waals surface area contributed by atoms with Crippen LogP contribution in [0.4, 0.5) is 0 Å². The number of hydrogen-bond donors (Lipinski definition) is 1. The number of methoxy groups -OCH3 is 1. The van der Waals surface area contributed by atoms with Gasteiger partial charge in [-0.1, -0.05) is 12.8 Å². The molecule has 1 aromatic rings. The summed E-state index contributed by atoms with van der Waals surface area (Å²) in [6, 6.07) is 1.75. The standard InChI is InChI=1S/C16H25NO4/c1-11-14(16(19)20-3)8-13(21-11)10-17(2)9-12-6-4-5-7-15(12)18/h8,12,15,18H,4-7,9-10H2,1-3H3. The topological polar surface area (TPSA) is 62.9 Å². The molecule has 1 saturated carbocycles. The van der Waals surface area contributed by atoms with Gasteiger partial charge in [0.25, 0.3) is 0 Å². The molecular weight excluding hydrogens is 270 g/mol. The van der Waals surface area contributed by atoms with Gasteiger partial charge in [0.2, 0.25) is 0 Å². The van der Waals surface area contributed by atoms with Gasteiger partial charge in [-0.2, -0.15) is 0 Å². The molecule has 0 radical (unpaired) electrons. The fourth-order valence-corrected chi connectivity index (χ4v) is 3.07. The van der Waals surface area contributed by atoms with E-state index in [0.29, 0.717) is 23.8 Å². The average Bonchev–Trinajstić information content (AvgIpc) is 2.81. The molecule has 0 spiro atoms. The highest BCUT2D eigenvalue weighted by Crippen LogP contribution is 2.25. The van der Waals surface area contributed by atoms with E-state index in [0.717, 1.165) is 31.6 Å². The molecule has 1 aliphatic rings. The molecule has 118 valence electrons. The van der Waals surface area contributed by atoms with Gasteiger partial charge in [0.1, 0.15) is 17.1 Å². The SMILES string of the molecule is COC(=O)c1cc(CN(C)CC2CCCCC2O)oc1C. The minimum absolute atomic E-state index is 0.190. The molecule has 5 nitrogen and oxygen atoms in total. The zero-order valence-electron chi connectivity index (χ0n) is 13.1. The van der Waals surface area contributed by atoms with Crippen molar-refractivity contribution in [1.82, 2.24) is 4.90 Å². The fraction of sp³-hybridized carbons (Fsp3) is 0.688. The number of carbonyl (C=O) groups excluding carboxylic acids is 1. The van der Waals surface area contributed by atoms with Crippen molar-refractivity contribution in [3.8, 4) is 0 Å². The van der Waals surface area contributed by atoms with E-state index in [1.165, 1.54) is 13.5 Å². The summed E-state index contributed by atoms with van der Waals surface area (Å²) < 4.78 is 10.3. The molecule has 0 bridgehead atoms. The zero-order valence-corrected chi connectivity index (χ0v) is 13.1. The first kappa shape index (κ1) is 16.0. The van der Waals surface area contributed by atoms with E-state index in [-0.39, 0.29) is 12.1 Å². The molecule has 5 heteroatoms. The van der Waals surface area contributed by atoms with E-state index >= 15 is 0 Å². The molecule has 0 aliphatic heterocycles. The van der Waals surface area contributed by atoms with Crippen LogP contribution in [-0.2, 0) is 11.3 Å². The predicted octanol–water partition coefficient (Wildman–Crippen LogP) is 2.36. The molecule has 21 heavy (non-hydrogen) atoms. The van der Waals surface area contributed by atoms with Crippen molar-refractivity contribution in [2.24, 2.45) is 5.92 Å². The third-order valence-corrected chi connectivity index (χ3v) is 4.22. The second-order valence-corrected chi connectivity index (χ2v) is 5.98. The van der Waals surface area contributed by atoms with Gasteiger partial charge in [-0.25, -0.2) is 4.79 Å². The number of carbonyl (C=O) groups is 1. The Kier molecular flexibility index (Phi) is 5.42. The maximum absolute atomic E-state index is 11.6. The molecule has 1 N–H and O–H groups in total. The summed E-state index contributed by atoms with van der Waals surface area (Å²) in [4.78, 5) is 13.7. The van der Waals surface area contributed by atoms with E-state index in [1.54, 1.807) is 13.0 Å². The van der Waals surface area contributed by atoms with Gasteiger partial charge in [0.15, 0.2) is 0 Å². The van der Waals surface area contributed by atoms with Gasteiger partial charge in [-0.05, 0) is 38.8 Å². The first-order valence-electron chi connectivity index (χ1n) is 7.55. The first-order chi connectivity index (χ1) is 10.0. The quantitative estimate of drug-likeness (QED) is 0.845. The van der Waals surface area contributed by atoms with Crippen molar-refractivity contribution in [3.05, 3.63) is 23.2 Å². The van der Waals surface area contributed by atoms with Crippen molar-refractivity contribution in [2.75, 3.05) is 20.7 Å². The Balaban J connectivity index is 1.93. The second-order valence-electron chi connectivity index (χ2n) is 5.98. The van der Waals surface area contributed by atoms with Crippen LogP contribution < -0.4 is 0 Å². The Morgan fingerprint density at radius 2 is 2.19 bits per heavy atom. The molecule has 2 atom stereocenters. The third-order valence-electron chi connectivity index (χ3n) is 4.22. The van der Waals surface area contributed by atoms with Crippen LogP contribution in [0.2, 0.25) is 0 Å². The molecule has 1 aromatic heterocycles. The number of nitrogens with zero attached hydrogens (tertiary/aromatic N) is 1. The number of aryl methyl sites for hydroxylation is 1. The minimum atomic E-state index is -0.368. The van der Waals surface area contributed by atoms with Crippen LogP contribution in [0, 0.1) is 12.8 Å². The Hall–Kier alpha value is -1.33. The van der Waals surface area contributed by atoms with Crippen molar-refractivity contribution >= 4 is 5.97 Å². The summed E-state index contributed by atoms with van der Waals surface area (Å²) in [5.41, 5.74) is 0.485. The lowest BCUT2D eigenvalue weighted by Crippen LogP contribution is -2.34. The summed E-state index contributed by atoms with van der Waals surface area (Å²) in [5, 5.41) is 10.0. The number of aliphatic hydroxyl groups excluding tert-OH is 1. The number of furan rings is 1. The van der Waals surface area contributed by atoms with E-state index in [1.807, 2.05) is 7.05 Å². The van der Waals surface area contributed by atoms with E-state index in [2.05, 4.69) is 4.90 Å². The third kappa shape index (κ3) is 4.08. The smallest absolute Gasteiger partial charge is 0.341 e. The number of ether oxygens (including phenoxy) is 1. The summed E-state index contributed by atoms with van der Waals surface area (Å²) in [6.45, 7) is 3.23. The Labute approximate surface area is 125 Å². The van der Waals surface area contributed by atoms with Crippen LogP contribution >= 0.6 is 0 Å². The summed E-state index contributed by atoms with van der Waals surface area (Å²) in [6.07, 6.45) is 4.12. The number of aliphatic hydroxyl groups is 1. The highest BCUT2D eigenvalue weighted by molar-refractivity contribution is 5.90. The Bertz CT molecular complexity index is 483. The summed E-state index contributed by atoms with van der Waals surface area (Å²) in [5.74, 6) is 1.30. The van der Waals surface area contributed by atoms with Crippen molar-refractivity contribution in [1.29, 1.82) is 0 Å². The highest BCUT2D eigenvalue weighted by Gasteiger charge is 2.24. The van der Waals surface area contributed by atoms with Crippen LogP contribution in [0.1, 0.15) is 47.6 Å². The summed E-state index contributed by atoms with van der Waals surface area (Å²) in [7, 11) is 3.38. The van der Waals surface area contributed by atoms with Crippen LogP contribution in [0.3, 0.4) is 0 Å². The molecule has 2 unspecified atom stereocenters. The van der Waals surface area contributed by atoms with Crippen LogP contribution in [-0.4, -0.2) is 42.8 Å². The minimum Gasteiger partial charge on any atom is -0.465 e. The van der Waals surface area contributed by atoms with Crippen LogP contribution in [0.15, 0.2) is 10.5 Å². The molecule has 1 aliphatic carbocycles. The molecule has 0 amide bonds. The lowest BCUT2D eigenvalue weighted by atomic mass is 9.86. The van der Waals surface area contributed by atoms with Crippen molar-refractivity contribution < 1.29 is 19.1 Å². The van der Waals surface area contributed by atoms with Gasteiger partial charge >= 0.3 is 5.97 Å². The van der Waals surface area contributed by atoms with Gasteiger partial charge in [0.05, 0.1) is 19.8 Å². The fourth-order valence-electron chi connectivity index (χ4n) is 3.07. The van der Waals surface area contributed by atoms with Crippen LogP contribution in [0.5, 0.6) is 0 Å². The lowest BCUT2D eigenvalue weighted by molar-refractivity contribution is 0.0490. The highest BCUT2D eigenvalue weighted by atomic mass is 16.5. The molecular formula is C16H25NO4.